The van der Waals surface area contributed by atoms with Gasteiger partial charge in [0.05, 0.1) is 19.7 Å². The summed E-state index contributed by atoms with van der Waals surface area (Å²) >= 11 is 0. The first-order chi connectivity index (χ1) is 10.2. The van der Waals surface area contributed by atoms with Crippen molar-refractivity contribution < 1.29 is 14.3 Å². The highest BCUT2D eigenvalue weighted by Crippen LogP contribution is 2.40. The van der Waals surface area contributed by atoms with Crippen molar-refractivity contribution in [3.8, 4) is 5.88 Å². The fraction of sp³-hybridized carbons (Fsp3) is 0.625. The average Bonchev–Trinajstić information content (AvgIpc) is 2.88. The van der Waals surface area contributed by atoms with E-state index in [1.54, 1.807) is 6.20 Å². The standard InChI is InChI=1S/C16H22N2O3/c1-2-5-15(19)18-11-16(12-18)13(7-9-21-16)10-20-14-6-3-4-8-17-14/h3-4,6,8,13H,2,5,7,9-12H2,1H3. The summed E-state index contributed by atoms with van der Waals surface area (Å²) in [6.07, 6.45) is 4.24. The van der Waals surface area contributed by atoms with Gasteiger partial charge < -0.3 is 14.4 Å². The van der Waals surface area contributed by atoms with Gasteiger partial charge in [-0.25, -0.2) is 4.98 Å². The molecule has 0 radical (unpaired) electrons. The molecule has 0 aliphatic carbocycles. The highest BCUT2D eigenvalue weighted by molar-refractivity contribution is 5.77. The van der Waals surface area contributed by atoms with Crippen LogP contribution < -0.4 is 4.74 Å². The molecule has 114 valence electrons. The number of carbonyl (C=O) groups is 1. The third-order valence-corrected chi connectivity index (χ3v) is 4.40. The molecule has 1 atom stereocenters. The smallest absolute Gasteiger partial charge is 0.222 e. The molecular weight excluding hydrogens is 268 g/mol. The maximum atomic E-state index is 11.9. The number of likely N-dealkylation sites (tertiary alicyclic amines) is 1. The Bertz CT molecular complexity index is 486. The monoisotopic (exact) mass is 290 g/mol. The minimum atomic E-state index is -0.182. The summed E-state index contributed by atoms with van der Waals surface area (Å²) in [6, 6.07) is 5.65. The summed E-state index contributed by atoms with van der Waals surface area (Å²) in [7, 11) is 0. The van der Waals surface area contributed by atoms with Gasteiger partial charge in [0.15, 0.2) is 0 Å². The first kappa shape index (κ1) is 14.3. The molecule has 3 rings (SSSR count). The van der Waals surface area contributed by atoms with Crippen molar-refractivity contribution in [3.63, 3.8) is 0 Å². The normalized spacial score (nSPS) is 23.1. The SMILES string of the molecule is CCCC(=O)N1CC2(C1)OCCC2COc1ccccn1. The largest absolute Gasteiger partial charge is 0.477 e. The number of rotatable bonds is 5. The van der Waals surface area contributed by atoms with E-state index in [2.05, 4.69) is 4.98 Å². The number of nitrogens with zero attached hydrogens (tertiary/aromatic N) is 2. The number of hydrogen-bond donors (Lipinski definition) is 0. The van der Waals surface area contributed by atoms with Gasteiger partial charge in [-0.1, -0.05) is 13.0 Å². The lowest BCUT2D eigenvalue weighted by Crippen LogP contribution is -2.66. The van der Waals surface area contributed by atoms with Crippen LogP contribution in [0.15, 0.2) is 24.4 Å². The molecule has 2 fully saturated rings. The number of ether oxygens (including phenoxy) is 2. The number of carbonyl (C=O) groups excluding carboxylic acids is 1. The summed E-state index contributed by atoms with van der Waals surface area (Å²) < 4.78 is 11.7. The van der Waals surface area contributed by atoms with E-state index in [-0.39, 0.29) is 11.5 Å². The van der Waals surface area contributed by atoms with Crippen LogP contribution in [0.25, 0.3) is 0 Å². The lowest BCUT2D eigenvalue weighted by Gasteiger charge is -2.50. The molecular formula is C16H22N2O3. The van der Waals surface area contributed by atoms with Crippen molar-refractivity contribution in [2.24, 2.45) is 5.92 Å². The molecule has 0 aromatic carbocycles. The number of hydrogen-bond acceptors (Lipinski definition) is 4. The van der Waals surface area contributed by atoms with E-state index in [4.69, 9.17) is 9.47 Å². The number of amides is 1. The van der Waals surface area contributed by atoms with E-state index in [1.807, 2.05) is 30.0 Å². The van der Waals surface area contributed by atoms with Crippen molar-refractivity contribution in [1.29, 1.82) is 0 Å². The minimum absolute atomic E-state index is 0.182. The molecule has 0 N–H and O–H groups in total. The second-order valence-electron chi connectivity index (χ2n) is 5.88. The zero-order chi connectivity index (χ0) is 14.7. The van der Waals surface area contributed by atoms with Crippen molar-refractivity contribution in [2.45, 2.75) is 31.8 Å². The fourth-order valence-corrected chi connectivity index (χ4v) is 3.14. The molecule has 5 heteroatoms. The second-order valence-corrected chi connectivity index (χ2v) is 5.88. The Labute approximate surface area is 125 Å². The van der Waals surface area contributed by atoms with Gasteiger partial charge in [0.2, 0.25) is 11.8 Å². The van der Waals surface area contributed by atoms with Crippen molar-refractivity contribution >= 4 is 5.91 Å². The number of pyridine rings is 1. The van der Waals surface area contributed by atoms with Crippen LogP contribution in [0.3, 0.4) is 0 Å². The summed E-state index contributed by atoms with van der Waals surface area (Å²) in [5.74, 6) is 1.23. The molecule has 5 nitrogen and oxygen atoms in total. The van der Waals surface area contributed by atoms with Crippen LogP contribution in [0.1, 0.15) is 26.2 Å². The van der Waals surface area contributed by atoms with Gasteiger partial charge in [-0.3, -0.25) is 4.79 Å². The molecule has 2 aliphatic rings. The van der Waals surface area contributed by atoms with Gasteiger partial charge in [-0.15, -0.1) is 0 Å². The zero-order valence-electron chi connectivity index (χ0n) is 12.5. The molecule has 1 aromatic rings. The van der Waals surface area contributed by atoms with Gasteiger partial charge in [-0.05, 0) is 18.9 Å². The summed E-state index contributed by atoms with van der Waals surface area (Å²) in [4.78, 5) is 18.0. The van der Waals surface area contributed by atoms with Crippen LogP contribution in [-0.4, -0.2) is 47.7 Å². The van der Waals surface area contributed by atoms with Gasteiger partial charge in [0, 0.05) is 31.2 Å². The average molecular weight is 290 g/mol. The Kier molecular flexibility index (Phi) is 4.10. The predicted octanol–water partition coefficient (Wildman–Crippen LogP) is 1.88. The quantitative estimate of drug-likeness (QED) is 0.831. The molecule has 3 heterocycles. The van der Waals surface area contributed by atoms with Gasteiger partial charge in [0.1, 0.15) is 5.60 Å². The third-order valence-electron chi connectivity index (χ3n) is 4.40. The molecule has 1 spiro atoms. The third kappa shape index (κ3) is 2.88. The van der Waals surface area contributed by atoms with E-state index in [0.717, 1.165) is 19.4 Å². The van der Waals surface area contributed by atoms with Gasteiger partial charge >= 0.3 is 0 Å². The second kappa shape index (κ2) is 6.02. The van der Waals surface area contributed by atoms with Gasteiger partial charge in [-0.2, -0.15) is 0 Å². The van der Waals surface area contributed by atoms with E-state index < -0.39 is 0 Å². The van der Waals surface area contributed by atoms with Crippen molar-refractivity contribution in [2.75, 3.05) is 26.3 Å². The Morgan fingerprint density at radius 1 is 1.52 bits per heavy atom. The molecule has 21 heavy (non-hydrogen) atoms. The van der Waals surface area contributed by atoms with E-state index in [9.17, 15) is 4.79 Å². The topological polar surface area (TPSA) is 51.7 Å². The Morgan fingerprint density at radius 3 is 3.10 bits per heavy atom. The number of aromatic nitrogens is 1. The van der Waals surface area contributed by atoms with Crippen LogP contribution in [-0.2, 0) is 9.53 Å². The molecule has 0 saturated carbocycles. The molecule has 1 unspecified atom stereocenters. The lowest BCUT2D eigenvalue weighted by molar-refractivity contribution is -0.167. The fourth-order valence-electron chi connectivity index (χ4n) is 3.14. The summed E-state index contributed by atoms with van der Waals surface area (Å²) in [5, 5.41) is 0. The molecule has 0 bridgehead atoms. The van der Waals surface area contributed by atoms with Crippen LogP contribution in [0.4, 0.5) is 0 Å². The van der Waals surface area contributed by atoms with Gasteiger partial charge in [0.25, 0.3) is 0 Å². The lowest BCUT2D eigenvalue weighted by atomic mass is 9.81. The van der Waals surface area contributed by atoms with E-state index in [0.29, 0.717) is 37.9 Å². The van der Waals surface area contributed by atoms with Crippen LogP contribution >= 0.6 is 0 Å². The summed E-state index contributed by atoms with van der Waals surface area (Å²) in [5.41, 5.74) is -0.182. The summed E-state index contributed by atoms with van der Waals surface area (Å²) in [6.45, 7) is 4.81. The Morgan fingerprint density at radius 2 is 2.38 bits per heavy atom. The Hall–Kier alpha value is -1.62. The van der Waals surface area contributed by atoms with Crippen LogP contribution in [0.2, 0.25) is 0 Å². The molecule has 2 saturated heterocycles. The first-order valence-corrected chi connectivity index (χ1v) is 7.69. The van der Waals surface area contributed by atoms with Crippen molar-refractivity contribution in [3.05, 3.63) is 24.4 Å². The highest BCUT2D eigenvalue weighted by Gasteiger charge is 2.54. The first-order valence-electron chi connectivity index (χ1n) is 7.69. The zero-order valence-corrected chi connectivity index (χ0v) is 12.5. The molecule has 1 aromatic heterocycles. The maximum absolute atomic E-state index is 11.9. The predicted molar refractivity (Wildman–Crippen MR) is 78.0 cm³/mol. The molecule has 1 amide bonds. The van der Waals surface area contributed by atoms with Crippen molar-refractivity contribution in [1.82, 2.24) is 9.88 Å². The van der Waals surface area contributed by atoms with E-state index >= 15 is 0 Å². The van der Waals surface area contributed by atoms with E-state index in [1.165, 1.54) is 0 Å². The minimum Gasteiger partial charge on any atom is -0.477 e. The highest BCUT2D eigenvalue weighted by atomic mass is 16.5. The Balaban J connectivity index is 1.54. The van der Waals surface area contributed by atoms with Crippen LogP contribution in [0, 0.1) is 5.92 Å². The molecule has 2 aliphatic heterocycles. The van der Waals surface area contributed by atoms with Crippen LogP contribution in [0.5, 0.6) is 5.88 Å². The maximum Gasteiger partial charge on any atom is 0.222 e.